The third kappa shape index (κ3) is 6.66. The molecule has 0 amide bonds. The molecule has 0 radical (unpaired) electrons. The number of ether oxygens (including phenoxy) is 3. The van der Waals surface area contributed by atoms with Crippen molar-refractivity contribution in [2.75, 3.05) is 13.7 Å². The van der Waals surface area contributed by atoms with E-state index < -0.39 is 0 Å². The molecular formula is C25H26Cl2O3. The molecule has 5 heteroatoms. The van der Waals surface area contributed by atoms with Crippen LogP contribution in [0.3, 0.4) is 0 Å². The Morgan fingerprint density at radius 1 is 0.867 bits per heavy atom. The lowest BCUT2D eigenvalue weighted by molar-refractivity contribution is -0.00103. The van der Waals surface area contributed by atoms with E-state index in [1.54, 1.807) is 25.3 Å². The summed E-state index contributed by atoms with van der Waals surface area (Å²) in [4.78, 5) is 0. The van der Waals surface area contributed by atoms with Gasteiger partial charge in [0, 0.05) is 10.9 Å². The summed E-state index contributed by atoms with van der Waals surface area (Å²) in [6, 6.07) is 23.5. The van der Waals surface area contributed by atoms with E-state index in [9.17, 15) is 0 Å². The first-order valence-corrected chi connectivity index (χ1v) is 10.7. The van der Waals surface area contributed by atoms with Gasteiger partial charge in [0.15, 0.2) is 0 Å². The van der Waals surface area contributed by atoms with Crippen LogP contribution >= 0.6 is 23.2 Å². The second-order valence-corrected chi connectivity index (χ2v) is 8.04. The number of rotatable bonds is 10. The Labute approximate surface area is 188 Å². The highest BCUT2D eigenvalue weighted by Gasteiger charge is 2.20. The highest BCUT2D eigenvalue weighted by Crippen LogP contribution is 2.29. The molecule has 2 unspecified atom stereocenters. The summed E-state index contributed by atoms with van der Waals surface area (Å²) in [5.74, 6) is 1.61. The van der Waals surface area contributed by atoms with Gasteiger partial charge in [0.25, 0.3) is 0 Å². The molecule has 3 nitrogen and oxygen atoms in total. The summed E-state index contributed by atoms with van der Waals surface area (Å²) in [6.45, 7) is 3.10. The lowest BCUT2D eigenvalue weighted by Crippen LogP contribution is -2.28. The maximum Gasteiger partial charge on any atom is 0.137 e. The quantitative estimate of drug-likeness (QED) is 0.342. The molecule has 0 N–H and O–H groups in total. The first kappa shape index (κ1) is 22.5. The average molecular weight is 445 g/mol. The van der Waals surface area contributed by atoms with Gasteiger partial charge < -0.3 is 14.2 Å². The molecule has 0 aliphatic heterocycles. The van der Waals surface area contributed by atoms with Crippen molar-refractivity contribution >= 4 is 23.2 Å². The molecule has 0 spiro atoms. The summed E-state index contributed by atoms with van der Waals surface area (Å²) >= 11 is 12.3. The number of benzene rings is 3. The van der Waals surface area contributed by atoms with Crippen LogP contribution in [-0.4, -0.2) is 19.8 Å². The largest absolute Gasteiger partial charge is 0.497 e. The lowest BCUT2D eigenvalue weighted by Gasteiger charge is -2.25. The second kappa shape index (κ2) is 11.3. The van der Waals surface area contributed by atoms with Crippen LogP contribution in [-0.2, 0) is 17.8 Å². The van der Waals surface area contributed by atoms with E-state index in [1.165, 1.54) is 5.56 Å². The summed E-state index contributed by atoms with van der Waals surface area (Å²) < 4.78 is 17.5. The highest BCUT2D eigenvalue weighted by molar-refractivity contribution is 6.35. The SMILES string of the molecule is COc1ccc(COC(C)C(COc2ccc(Cl)cc2Cl)Cc2ccccc2)cc1. The Bertz CT molecular complexity index is 913. The van der Waals surface area contributed by atoms with Crippen LogP contribution in [0.2, 0.25) is 10.0 Å². The minimum atomic E-state index is -0.0154. The number of hydrogen-bond acceptors (Lipinski definition) is 3. The van der Waals surface area contributed by atoms with Gasteiger partial charge in [-0.2, -0.15) is 0 Å². The third-order valence-corrected chi connectivity index (χ3v) is 5.55. The maximum atomic E-state index is 6.27. The molecule has 0 fully saturated rings. The number of halogens is 2. The number of methoxy groups -OCH3 is 1. The van der Waals surface area contributed by atoms with E-state index in [-0.39, 0.29) is 12.0 Å². The van der Waals surface area contributed by atoms with E-state index in [0.717, 1.165) is 17.7 Å². The standard InChI is InChI=1S/C25H26Cl2O3/c1-18(29-16-20-8-11-23(28-2)12-9-20)21(14-19-6-4-3-5-7-19)17-30-25-13-10-22(26)15-24(25)27/h3-13,15,18,21H,14,16-17H2,1-2H3. The van der Waals surface area contributed by atoms with Crippen LogP contribution in [0.5, 0.6) is 11.5 Å². The molecule has 2 atom stereocenters. The van der Waals surface area contributed by atoms with Gasteiger partial charge in [0.2, 0.25) is 0 Å². The zero-order valence-corrected chi connectivity index (χ0v) is 18.7. The zero-order chi connectivity index (χ0) is 21.3. The summed E-state index contributed by atoms with van der Waals surface area (Å²) in [5.41, 5.74) is 2.34. The molecule has 3 aromatic rings. The molecule has 0 saturated heterocycles. The van der Waals surface area contributed by atoms with E-state index >= 15 is 0 Å². The molecule has 0 aliphatic rings. The minimum absolute atomic E-state index is 0.0154. The molecule has 158 valence electrons. The van der Waals surface area contributed by atoms with Crippen LogP contribution in [0.1, 0.15) is 18.1 Å². The summed E-state index contributed by atoms with van der Waals surface area (Å²) in [5, 5.41) is 1.09. The van der Waals surface area contributed by atoms with Gasteiger partial charge in [-0.15, -0.1) is 0 Å². The van der Waals surface area contributed by atoms with Crippen molar-refractivity contribution in [1.82, 2.24) is 0 Å². The molecule has 3 rings (SSSR count). The van der Waals surface area contributed by atoms with Crippen molar-refractivity contribution in [3.8, 4) is 11.5 Å². The molecular weight excluding hydrogens is 419 g/mol. The van der Waals surface area contributed by atoms with Crippen molar-refractivity contribution in [3.05, 3.63) is 94.0 Å². The van der Waals surface area contributed by atoms with Crippen LogP contribution in [0.15, 0.2) is 72.8 Å². The van der Waals surface area contributed by atoms with Gasteiger partial charge in [0.1, 0.15) is 11.5 Å². The van der Waals surface area contributed by atoms with Crippen molar-refractivity contribution in [2.45, 2.75) is 26.1 Å². The molecule has 3 aromatic carbocycles. The highest BCUT2D eigenvalue weighted by atomic mass is 35.5. The Morgan fingerprint density at radius 3 is 2.27 bits per heavy atom. The Morgan fingerprint density at radius 2 is 1.60 bits per heavy atom. The van der Waals surface area contributed by atoms with Crippen molar-refractivity contribution < 1.29 is 14.2 Å². The second-order valence-electron chi connectivity index (χ2n) is 7.20. The van der Waals surface area contributed by atoms with E-state index in [1.807, 2.05) is 42.5 Å². The molecule has 30 heavy (non-hydrogen) atoms. The fourth-order valence-electron chi connectivity index (χ4n) is 3.15. The smallest absolute Gasteiger partial charge is 0.137 e. The van der Waals surface area contributed by atoms with Crippen molar-refractivity contribution in [3.63, 3.8) is 0 Å². The van der Waals surface area contributed by atoms with Crippen LogP contribution in [0.25, 0.3) is 0 Å². The third-order valence-electron chi connectivity index (χ3n) is 5.02. The molecule has 0 saturated carbocycles. The first-order chi connectivity index (χ1) is 14.5. The van der Waals surface area contributed by atoms with Gasteiger partial charge in [-0.05, 0) is 54.8 Å². The van der Waals surface area contributed by atoms with Gasteiger partial charge in [0.05, 0.1) is 31.5 Å². The zero-order valence-electron chi connectivity index (χ0n) is 17.2. The topological polar surface area (TPSA) is 27.7 Å². The van der Waals surface area contributed by atoms with E-state index in [4.69, 9.17) is 37.4 Å². The maximum absolute atomic E-state index is 6.27. The molecule has 0 aromatic heterocycles. The fourth-order valence-corrected chi connectivity index (χ4v) is 3.61. The monoisotopic (exact) mass is 444 g/mol. The average Bonchev–Trinajstić information content (AvgIpc) is 2.77. The van der Waals surface area contributed by atoms with Crippen LogP contribution < -0.4 is 9.47 Å². The predicted octanol–water partition coefficient (Wildman–Crippen LogP) is 6.85. The van der Waals surface area contributed by atoms with Crippen molar-refractivity contribution in [2.24, 2.45) is 5.92 Å². The molecule has 0 bridgehead atoms. The summed E-state index contributed by atoms with van der Waals surface area (Å²) in [7, 11) is 1.66. The van der Waals surface area contributed by atoms with Gasteiger partial charge in [-0.1, -0.05) is 65.7 Å². The normalized spacial score (nSPS) is 12.9. The lowest BCUT2D eigenvalue weighted by atomic mass is 9.95. The van der Waals surface area contributed by atoms with Crippen LogP contribution in [0, 0.1) is 5.92 Å². The molecule has 0 heterocycles. The number of hydrogen-bond donors (Lipinski definition) is 0. The summed E-state index contributed by atoms with van der Waals surface area (Å²) in [6.07, 6.45) is 0.828. The Hall–Kier alpha value is -2.20. The first-order valence-electron chi connectivity index (χ1n) is 9.91. The van der Waals surface area contributed by atoms with Crippen LogP contribution in [0.4, 0.5) is 0 Å². The van der Waals surface area contributed by atoms with Crippen molar-refractivity contribution in [1.29, 1.82) is 0 Å². The predicted molar refractivity (Wildman–Crippen MR) is 123 cm³/mol. The Kier molecular flexibility index (Phi) is 8.44. The minimum Gasteiger partial charge on any atom is -0.497 e. The van der Waals surface area contributed by atoms with Gasteiger partial charge >= 0.3 is 0 Å². The van der Waals surface area contributed by atoms with Gasteiger partial charge in [-0.25, -0.2) is 0 Å². The van der Waals surface area contributed by atoms with E-state index in [0.29, 0.717) is 29.0 Å². The van der Waals surface area contributed by atoms with Gasteiger partial charge in [-0.3, -0.25) is 0 Å². The fraction of sp³-hybridized carbons (Fsp3) is 0.280. The Balaban J connectivity index is 1.65. The molecule has 0 aliphatic carbocycles. The van der Waals surface area contributed by atoms with E-state index in [2.05, 4.69) is 19.1 Å².